The lowest BCUT2D eigenvalue weighted by Crippen LogP contribution is -2.20. The summed E-state index contributed by atoms with van der Waals surface area (Å²) in [6.07, 6.45) is 4.27. The molecule has 7 nitrogen and oxygen atoms in total. The molecule has 0 spiro atoms. The molecule has 0 atom stereocenters. The molecule has 1 aliphatic heterocycles. The number of ketones is 1. The van der Waals surface area contributed by atoms with Crippen molar-refractivity contribution in [3.8, 4) is 17.1 Å². The Bertz CT molecular complexity index is 1110. The molecule has 3 aromatic rings. The van der Waals surface area contributed by atoms with Gasteiger partial charge in [-0.15, -0.1) is 10.2 Å². The molecule has 8 heteroatoms. The number of benzene rings is 2. The van der Waals surface area contributed by atoms with Gasteiger partial charge in [-0.25, -0.2) is 0 Å². The van der Waals surface area contributed by atoms with Crippen LogP contribution in [0.3, 0.4) is 0 Å². The van der Waals surface area contributed by atoms with Gasteiger partial charge in [-0.2, -0.15) is 0 Å². The second-order valence-electron chi connectivity index (χ2n) is 7.51. The van der Waals surface area contributed by atoms with Crippen LogP contribution in [0, 0.1) is 0 Å². The summed E-state index contributed by atoms with van der Waals surface area (Å²) in [5, 5.41) is 12.1. The van der Waals surface area contributed by atoms with Crippen LogP contribution in [-0.4, -0.2) is 33.1 Å². The van der Waals surface area contributed by atoms with E-state index in [4.69, 9.17) is 16.3 Å². The standard InChI is InChI=1S/C23H23ClN4O3/c1-15(29)16-6-9-18(10-7-16)31-14-22(30)25-17-8-11-20(24)19(13-17)23-27-26-21-5-3-2-4-12-28(21)23/h6-11,13H,2-5,12,14H2,1H3,(H,25,30). The van der Waals surface area contributed by atoms with E-state index in [1.807, 2.05) is 6.07 Å². The van der Waals surface area contributed by atoms with Gasteiger partial charge in [0.25, 0.3) is 5.91 Å². The molecular weight excluding hydrogens is 416 g/mol. The molecule has 0 saturated heterocycles. The molecule has 0 bridgehead atoms. The van der Waals surface area contributed by atoms with Crippen molar-refractivity contribution >= 4 is 29.0 Å². The fourth-order valence-electron chi connectivity index (χ4n) is 3.59. The summed E-state index contributed by atoms with van der Waals surface area (Å²) < 4.78 is 7.63. The van der Waals surface area contributed by atoms with Crippen LogP contribution < -0.4 is 10.1 Å². The monoisotopic (exact) mass is 438 g/mol. The number of ether oxygens (including phenoxy) is 1. The predicted molar refractivity (Wildman–Crippen MR) is 119 cm³/mol. The molecule has 0 radical (unpaired) electrons. The SMILES string of the molecule is CC(=O)c1ccc(OCC(=O)Nc2ccc(Cl)c(-c3nnc4n3CCCCC4)c2)cc1. The van der Waals surface area contributed by atoms with Crippen LogP contribution >= 0.6 is 11.6 Å². The Morgan fingerprint density at radius 1 is 1.10 bits per heavy atom. The lowest BCUT2D eigenvalue weighted by Gasteiger charge is -2.11. The van der Waals surface area contributed by atoms with Crippen LogP contribution in [0.2, 0.25) is 5.02 Å². The first kappa shape index (κ1) is 21.1. The third-order valence-electron chi connectivity index (χ3n) is 5.23. The summed E-state index contributed by atoms with van der Waals surface area (Å²) in [5.74, 6) is 1.89. The number of anilines is 1. The van der Waals surface area contributed by atoms with Crippen molar-refractivity contribution < 1.29 is 14.3 Å². The maximum Gasteiger partial charge on any atom is 0.262 e. The molecule has 2 heterocycles. The number of aromatic nitrogens is 3. The highest BCUT2D eigenvalue weighted by Crippen LogP contribution is 2.31. The van der Waals surface area contributed by atoms with Crippen LogP contribution in [0.1, 0.15) is 42.4 Å². The number of Topliss-reactive ketones (excluding diaryl/α,β-unsaturated/α-hetero) is 1. The van der Waals surface area contributed by atoms with Crippen molar-refractivity contribution in [3.05, 3.63) is 58.9 Å². The van der Waals surface area contributed by atoms with Gasteiger partial charge in [-0.05, 0) is 62.2 Å². The van der Waals surface area contributed by atoms with E-state index in [2.05, 4.69) is 20.1 Å². The Morgan fingerprint density at radius 2 is 1.90 bits per heavy atom. The third-order valence-corrected chi connectivity index (χ3v) is 5.56. The molecule has 160 valence electrons. The van der Waals surface area contributed by atoms with Crippen molar-refractivity contribution in [2.75, 3.05) is 11.9 Å². The Balaban J connectivity index is 1.44. The maximum absolute atomic E-state index is 12.4. The first-order valence-electron chi connectivity index (χ1n) is 10.3. The number of carbonyl (C=O) groups excluding carboxylic acids is 2. The number of hydrogen-bond acceptors (Lipinski definition) is 5. The van der Waals surface area contributed by atoms with Gasteiger partial charge < -0.3 is 14.6 Å². The van der Waals surface area contributed by atoms with Crippen molar-refractivity contribution in [2.45, 2.75) is 39.2 Å². The van der Waals surface area contributed by atoms with Crippen molar-refractivity contribution in [2.24, 2.45) is 0 Å². The number of rotatable bonds is 6. The first-order valence-corrected chi connectivity index (χ1v) is 10.6. The smallest absolute Gasteiger partial charge is 0.262 e. The van der Waals surface area contributed by atoms with E-state index in [0.717, 1.165) is 43.0 Å². The van der Waals surface area contributed by atoms with Gasteiger partial charge in [0.15, 0.2) is 18.2 Å². The Labute approximate surface area is 185 Å². The number of hydrogen-bond donors (Lipinski definition) is 1. The molecular formula is C23H23ClN4O3. The van der Waals surface area contributed by atoms with E-state index < -0.39 is 0 Å². The molecule has 4 rings (SSSR count). The van der Waals surface area contributed by atoms with Crippen LogP contribution in [-0.2, 0) is 17.8 Å². The zero-order valence-corrected chi connectivity index (χ0v) is 18.0. The van der Waals surface area contributed by atoms with Crippen LogP contribution in [0.25, 0.3) is 11.4 Å². The normalized spacial score (nSPS) is 13.2. The average molecular weight is 439 g/mol. The second kappa shape index (κ2) is 9.31. The largest absolute Gasteiger partial charge is 0.484 e. The van der Waals surface area contributed by atoms with E-state index in [0.29, 0.717) is 22.0 Å². The minimum absolute atomic E-state index is 0.0209. The summed E-state index contributed by atoms with van der Waals surface area (Å²) >= 11 is 6.44. The summed E-state index contributed by atoms with van der Waals surface area (Å²) in [4.78, 5) is 23.7. The van der Waals surface area contributed by atoms with E-state index >= 15 is 0 Å². The van der Waals surface area contributed by atoms with E-state index in [9.17, 15) is 9.59 Å². The molecule has 1 amide bonds. The lowest BCUT2D eigenvalue weighted by molar-refractivity contribution is -0.118. The topological polar surface area (TPSA) is 86.1 Å². The lowest BCUT2D eigenvalue weighted by atomic mass is 10.1. The van der Waals surface area contributed by atoms with E-state index in [-0.39, 0.29) is 18.3 Å². The molecule has 1 aliphatic rings. The number of aryl methyl sites for hydroxylation is 1. The van der Waals surface area contributed by atoms with Crippen molar-refractivity contribution in [3.63, 3.8) is 0 Å². The summed E-state index contributed by atoms with van der Waals surface area (Å²) in [7, 11) is 0. The second-order valence-corrected chi connectivity index (χ2v) is 7.92. The Morgan fingerprint density at radius 3 is 2.68 bits per heavy atom. The molecule has 2 aromatic carbocycles. The number of nitrogens with zero attached hydrogens (tertiary/aromatic N) is 3. The fraction of sp³-hybridized carbons (Fsp3) is 0.304. The number of nitrogens with one attached hydrogen (secondary N) is 1. The first-order chi connectivity index (χ1) is 15.0. The van der Waals surface area contributed by atoms with Gasteiger partial charge in [0.05, 0.1) is 5.02 Å². The number of halogens is 1. The van der Waals surface area contributed by atoms with Gasteiger partial charge in [0.1, 0.15) is 11.6 Å². The fourth-order valence-corrected chi connectivity index (χ4v) is 3.79. The van der Waals surface area contributed by atoms with Crippen LogP contribution in [0.4, 0.5) is 5.69 Å². The molecule has 0 saturated carbocycles. The highest BCUT2D eigenvalue weighted by atomic mass is 35.5. The number of amides is 1. The molecule has 0 fully saturated rings. The third kappa shape index (κ3) is 4.94. The minimum atomic E-state index is -0.302. The molecule has 31 heavy (non-hydrogen) atoms. The van der Waals surface area contributed by atoms with E-state index in [1.165, 1.54) is 13.3 Å². The van der Waals surface area contributed by atoms with Crippen molar-refractivity contribution in [1.82, 2.24) is 14.8 Å². The number of carbonyl (C=O) groups is 2. The van der Waals surface area contributed by atoms with Crippen LogP contribution in [0.5, 0.6) is 5.75 Å². The average Bonchev–Trinajstić information content (AvgIpc) is 3.01. The molecule has 1 aromatic heterocycles. The zero-order chi connectivity index (χ0) is 21.8. The van der Waals surface area contributed by atoms with Crippen molar-refractivity contribution in [1.29, 1.82) is 0 Å². The predicted octanol–water partition coefficient (Wildman–Crippen LogP) is 4.55. The van der Waals surface area contributed by atoms with Gasteiger partial charge in [0, 0.05) is 29.8 Å². The summed E-state index contributed by atoms with van der Waals surface area (Å²) in [6.45, 7) is 2.21. The van der Waals surface area contributed by atoms with Gasteiger partial charge in [0.2, 0.25) is 0 Å². The molecule has 0 unspecified atom stereocenters. The summed E-state index contributed by atoms with van der Waals surface area (Å²) in [5.41, 5.74) is 1.93. The van der Waals surface area contributed by atoms with Crippen LogP contribution in [0.15, 0.2) is 42.5 Å². The van der Waals surface area contributed by atoms with E-state index in [1.54, 1.807) is 36.4 Å². The van der Waals surface area contributed by atoms with Gasteiger partial charge >= 0.3 is 0 Å². The maximum atomic E-state index is 12.4. The summed E-state index contributed by atoms with van der Waals surface area (Å²) in [6, 6.07) is 12.0. The minimum Gasteiger partial charge on any atom is -0.484 e. The highest BCUT2D eigenvalue weighted by Gasteiger charge is 2.18. The van der Waals surface area contributed by atoms with Gasteiger partial charge in [-0.1, -0.05) is 18.0 Å². The quantitative estimate of drug-likeness (QED) is 0.571. The Hall–Kier alpha value is -3.19. The molecule has 0 aliphatic carbocycles. The Kier molecular flexibility index (Phi) is 6.32. The number of fused-ring (bicyclic) bond motifs is 1. The highest BCUT2D eigenvalue weighted by molar-refractivity contribution is 6.33. The molecule has 1 N–H and O–H groups in total. The zero-order valence-electron chi connectivity index (χ0n) is 17.2. The van der Waals surface area contributed by atoms with Gasteiger partial charge in [-0.3, -0.25) is 9.59 Å².